The molecule has 3 atom stereocenters. The molecule has 4 heteroatoms. The summed E-state index contributed by atoms with van der Waals surface area (Å²) in [6.45, 7) is 5.73. The quantitative estimate of drug-likeness (QED) is 0.730. The fourth-order valence-electron chi connectivity index (χ4n) is 3.47. The third-order valence-electron chi connectivity index (χ3n) is 4.34. The lowest BCUT2D eigenvalue weighted by Gasteiger charge is -2.21. The molecular formula is C15H19NO3. The summed E-state index contributed by atoms with van der Waals surface area (Å²) in [6, 6.07) is -0.269. The molecule has 1 heterocycles. The third kappa shape index (κ3) is 1.56. The minimum Gasteiger partial charge on any atom is -0.494 e. The van der Waals surface area contributed by atoms with Crippen LogP contribution in [-0.4, -0.2) is 26.5 Å². The Balaban J connectivity index is 2.12. The summed E-state index contributed by atoms with van der Waals surface area (Å²) in [7, 11) is 0. The minimum absolute atomic E-state index is 0.00956. The average Bonchev–Trinajstić information content (AvgIpc) is 3.02. The average molecular weight is 261 g/mol. The molecule has 1 aromatic rings. The van der Waals surface area contributed by atoms with E-state index in [9.17, 15) is 10.2 Å². The Morgan fingerprint density at radius 1 is 1.32 bits per heavy atom. The Morgan fingerprint density at radius 2 is 1.84 bits per heavy atom. The van der Waals surface area contributed by atoms with E-state index in [1.54, 1.807) is 0 Å². The van der Waals surface area contributed by atoms with Gasteiger partial charge in [-0.2, -0.15) is 0 Å². The number of aliphatic hydroxyl groups is 1. The number of rotatable bonds is 4. The number of fused-ring (bicyclic) bond motifs is 5. The second kappa shape index (κ2) is 4.17. The van der Waals surface area contributed by atoms with E-state index in [0.717, 1.165) is 23.1 Å². The summed E-state index contributed by atoms with van der Waals surface area (Å²) in [6.07, 6.45) is 5.58. The van der Waals surface area contributed by atoms with Crippen LogP contribution in [0.15, 0.2) is 24.3 Å². The van der Waals surface area contributed by atoms with Crippen molar-refractivity contribution in [1.29, 1.82) is 0 Å². The zero-order valence-electron chi connectivity index (χ0n) is 11.0. The van der Waals surface area contributed by atoms with Crippen molar-refractivity contribution in [3.8, 4) is 11.8 Å². The van der Waals surface area contributed by atoms with Gasteiger partial charge in [0.25, 0.3) is 0 Å². The molecule has 2 bridgehead atoms. The van der Waals surface area contributed by atoms with Gasteiger partial charge in [-0.15, -0.1) is 0 Å². The molecule has 0 saturated carbocycles. The van der Waals surface area contributed by atoms with Gasteiger partial charge in [-0.1, -0.05) is 24.3 Å². The van der Waals surface area contributed by atoms with Crippen molar-refractivity contribution < 1.29 is 15.3 Å². The number of nitrogens with zero attached hydrogens (tertiary/aromatic N) is 1. The van der Waals surface area contributed by atoms with Gasteiger partial charge in [-0.05, 0) is 19.8 Å². The number of aromatic nitrogens is 1. The number of hydrogen-bond donors (Lipinski definition) is 3. The highest BCUT2D eigenvalue weighted by molar-refractivity contribution is 5.59. The van der Waals surface area contributed by atoms with Gasteiger partial charge >= 0.3 is 0 Å². The van der Waals surface area contributed by atoms with E-state index in [2.05, 4.69) is 18.7 Å². The SMILES string of the molecule is C=C(C)C(CCO)n1c(O)c2c(c1O)C1C=CC2C1. The van der Waals surface area contributed by atoms with Gasteiger partial charge in [-0.25, -0.2) is 0 Å². The summed E-state index contributed by atoms with van der Waals surface area (Å²) >= 11 is 0. The van der Waals surface area contributed by atoms with E-state index < -0.39 is 0 Å². The van der Waals surface area contributed by atoms with Gasteiger partial charge in [0.1, 0.15) is 0 Å². The Bertz CT molecular complexity index is 535. The topological polar surface area (TPSA) is 65.6 Å². The zero-order chi connectivity index (χ0) is 13.7. The second-order valence-electron chi connectivity index (χ2n) is 5.55. The van der Waals surface area contributed by atoms with Gasteiger partial charge in [0.2, 0.25) is 0 Å². The first-order valence-electron chi connectivity index (χ1n) is 6.66. The summed E-state index contributed by atoms with van der Waals surface area (Å²) in [5.74, 6) is 0.690. The lowest BCUT2D eigenvalue weighted by atomic mass is 10.0. The predicted octanol–water partition coefficient (Wildman–Crippen LogP) is 2.54. The second-order valence-corrected chi connectivity index (χ2v) is 5.55. The van der Waals surface area contributed by atoms with E-state index in [1.807, 2.05) is 6.92 Å². The molecular weight excluding hydrogens is 242 g/mol. The summed E-state index contributed by atoms with van der Waals surface area (Å²) in [4.78, 5) is 0. The summed E-state index contributed by atoms with van der Waals surface area (Å²) < 4.78 is 1.52. The number of allylic oxidation sites excluding steroid dienone is 3. The highest BCUT2D eigenvalue weighted by Gasteiger charge is 2.42. The molecule has 0 aliphatic heterocycles. The van der Waals surface area contributed by atoms with Crippen molar-refractivity contribution in [2.75, 3.05) is 6.61 Å². The van der Waals surface area contributed by atoms with E-state index in [4.69, 9.17) is 5.11 Å². The fourth-order valence-corrected chi connectivity index (χ4v) is 3.47. The standard InChI is InChI=1S/C15H19NO3/c1-8(2)11(5-6-17)16-14(18)12-9-3-4-10(7-9)13(12)15(16)19/h3-4,9-11,17-19H,1,5-7H2,2H3. The number of hydrogen-bond acceptors (Lipinski definition) is 3. The van der Waals surface area contributed by atoms with E-state index in [-0.39, 0.29) is 36.2 Å². The minimum atomic E-state index is -0.269. The van der Waals surface area contributed by atoms with Crippen LogP contribution in [0.4, 0.5) is 0 Å². The normalized spacial score (nSPS) is 24.7. The van der Waals surface area contributed by atoms with Crippen molar-refractivity contribution in [1.82, 2.24) is 4.57 Å². The van der Waals surface area contributed by atoms with Gasteiger partial charge in [0.15, 0.2) is 11.8 Å². The highest BCUT2D eigenvalue weighted by Crippen LogP contribution is 2.57. The van der Waals surface area contributed by atoms with Crippen LogP contribution in [-0.2, 0) is 0 Å². The molecule has 0 fully saturated rings. The Hall–Kier alpha value is -1.68. The number of aliphatic hydroxyl groups excluding tert-OH is 1. The lowest BCUT2D eigenvalue weighted by molar-refractivity contribution is 0.252. The molecule has 19 heavy (non-hydrogen) atoms. The maximum absolute atomic E-state index is 10.4. The molecule has 3 unspecified atom stereocenters. The lowest BCUT2D eigenvalue weighted by Crippen LogP contribution is -2.11. The maximum atomic E-state index is 10.4. The molecule has 2 aliphatic rings. The molecule has 3 rings (SSSR count). The summed E-state index contributed by atoms with van der Waals surface area (Å²) in [5.41, 5.74) is 2.53. The first-order chi connectivity index (χ1) is 9.06. The largest absolute Gasteiger partial charge is 0.494 e. The first-order valence-corrected chi connectivity index (χ1v) is 6.66. The van der Waals surface area contributed by atoms with Crippen molar-refractivity contribution in [2.24, 2.45) is 0 Å². The molecule has 3 N–H and O–H groups in total. The Kier molecular flexibility index (Phi) is 2.71. The van der Waals surface area contributed by atoms with Crippen molar-refractivity contribution in [3.63, 3.8) is 0 Å². The summed E-state index contributed by atoms with van der Waals surface area (Å²) in [5, 5.41) is 30.1. The monoisotopic (exact) mass is 261 g/mol. The van der Waals surface area contributed by atoms with Crippen LogP contribution in [0, 0.1) is 0 Å². The van der Waals surface area contributed by atoms with Crippen molar-refractivity contribution in [2.45, 2.75) is 37.6 Å². The van der Waals surface area contributed by atoms with Crippen molar-refractivity contribution in [3.05, 3.63) is 35.4 Å². The van der Waals surface area contributed by atoms with Crippen molar-refractivity contribution >= 4 is 0 Å². The van der Waals surface area contributed by atoms with Gasteiger partial charge in [-0.3, -0.25) is 4.57 Å². The van der Waals surface area contributed by atoms with Crippen LogP contribution in [0.5, 0.6) is 11.8 Å². The fraction of sp³-hybridized carbons (Fsp3) is 0.467. The van der Waals surface area contributed by atoms with Crippen LogP contribution >= 0.6 is 0 Å². The van der Waals surface area contributed by atoms with Gasteiger partial charge in [0, 0.05) is 29.6 Å². The van der Waals surface area contributed by atoms with E-state index in [1.165, 1.54) is 4.57 Å². The Labute approximate surface area is 112 Å². The molecule has 2 aliphatic carbocycles. The van der Waals surface area contributed by atoms with Crippen LogP contribution in [0.1, 0.15) is 48.8 Å². The molecule has 102 valence electrons. The van der Waals surface area contributed by atoms with Crippen LogP contribution in [0.2, 0.25) is 0 Å². The van der Waals surface area contributed by atoms with Gasteiger partial charge in [0.05, 0.1) is 6.04 Å². The predicted molar refractivity (Wildman–Crippen MR) is 72.6 cm³/mol. The van der Waals surface area contributed by atoms with E-state index >= 15 is 0 Å². The molecule has 0 aromatic carbocycles. The number of aromatic hydroxyl groups is 2. The van der Waals surface area contributed by atoms with Gasteiger partial charge < -0.3 is 15.3 Å². The molecule has 0 amide bonds. The smallest absolute Gasteiger partial charge is 0.198 e. The molecule has 0 radical (unpaired) electrons. The highest BCUT2D eigenvalue weighted by atomic mass is 16.3. The zero-order valence-corrected chi connectivity index (χ0v) is 11.0. The molecule has 4 nitrogen and oxygen atoms in total. The Morgan fingerprint density at radius 3 is 2.26 bits per heavy atom. The van der Waals surface area contributed by atoms with Crippen LogP contribution in [0.3, 0.4) is 0 Å². The molecule has 0 saturated heterocycles. The van der Waals surface area contributed by atoms with Crippen LogP contribution in [0.25, 0.3) is 0 Å². The van der Waals surface area contributed by atoms with Crippen LogP contribution < -0.4 is 0 Å². The van der Waals surface area contributed by atoms with E-state index in [0.29, 0.717) is 6.42 Å². The third-order valence-corrected chi connectivity index (χ3v) is 4.34. The molecule has 1 aromatic heterocycles. The maximum Gasteiger partial charge on any atom is 0.198 e. The molecule has 0 spiro atoms. The first kappa shape index (κ1) is 12.4.